The van der Waals surface area contributed by atoms with Gasteiger partial charge in [0.25, 0.3) is 0 Å². The Morgan fingerprint density at radius 2 is 2.17 bits per heavy atom. The van der Waals surface area contributed by atoms with E-state index in [-0.39, 0.29) is 17.1 Å². The molecule has 0 aliphatic carbocycles. The van der Waals surface area contributed by atoms with E-state index in [1.807, 2.05) is 38.8 Å². The van der Waals surface area contributed by atoms with Crippen LogP contribution in [0, 0.1) is 17.2 Å². The van der Waals surface area contributed by atoms with E-state index in [0.717, 1.165) is 0 Å². The Morgan fingerprint density at radius 3 is 2.74 bits per heavy atom. The number of aromatic nitrogens is 2. The van der Waals surface area contributed by atoms with Crippen molar-refractivity contribution < 1.29 is 9.53 Å². The third-order valence-electron chi connectivity index (χ3n) is 3.33. The fourth-order valence-corrected chi connectivity index (χ4v) is 2.48. The summed E-state index contributed by atoms with van der Waals surface area (Å²) in [6.07, 6.45) is -0.284. The molecule has 2 heterocycles. The van der Waals surface area contributed by atoms with Crippen molar-refractivity contribution >= 4 is 23.5 Å². The highest BCUT2D eigenvalue weighted by Gasteiger charge is 2.34. The summed E-state index contributed by atoms with van der Waals surface area (Å²) in [6.45, 7) is 7.54. The molecule has 0 saturated carbocycles. The fourth-order valence-electron chi connectivity index (χ4n) is 2.30. The molecule has 1 fully saturated rings. The lowest BCUT2D eigenvalue weighted by Gasteiger charge is -2.41. The first-order chi connectivity index (χ1) is 10.7. The van der Waals surface area contributed by atoms with Crippen LogP contribution < -0.4 is 4.90 Å². The highest BCUT2D eigenvalue weighted by Crippen LogP contribution is 2.22. The maximum Gasteiger partial charge on any atom is 0.410 e. The normalized spacial score (nSPS) is 14.9. The zero-order valence-corrected chi connectivity index (χ0v) is 14.5. The molecule has 23 heavy (non-hydrogen) atoms. The van der Waals surface area contributed by atoms with Gasteiger partial charge in [-0.25, -0.2) is 14.8 Å². The van der Waals surface area contributed by atoms with E-state index in [2.05, 4.69) is 9.97 Å². The molecule has 124 valence electrons. The van der Waals surface area contributed by atoms with Gasteiger partial charge in [-0.1, -0.05) is 0 Å². The number of nitriles is 1. The molecule has 0 aromatic carbocycles. The molecule has 0 atom stereocenters. The summed E-state index contributed by atoms with van der Waals surface area (Å²) in [5.74, 6) is 0.920. The number of carbonyl (C=O) groups excluding carboxylic acids is 1. The number of nitrogens with zero attached hydrogens (tertiary/aromatic N) is 5. The van der Waals surface area contributed by atoms with Gasteiger partial charge >= 0.3 is 6.09 Å². The van der Waals surface area contributed by atoms with Crippen molar-refractivity contribution in [3.05, 3.63) is 17.0 Å². The molecule has 0 unspecified atom stereocenters. The van der Waals surface area contributed by atoms with Crippen LogP contribution in [0.2, 0.25) is 5.28 Å². The van der Waals surface area contributed by atoms with Crippen LogP contribution >= 0.6 is 11.6 Å². The van der Waals surface area contributed by atoms with Crippen LogP contribution in [-0.2, 0) is 4.74 Å². The van der Waals surface area contributed by atoms with E-state index in [0.29, 0.717) is 31.4 Å². The number of halogens is 1. The molecule has 0 spiro atoms. The van der Waals surface area contributed by atoms with Gasteiger partial charge in [-0.05, 0) is 32.4 Å². The summed E-state index contributed by atoms with van der Waals surface area (Å²) in [5.41, 5.74) is -0.250. The minimum absolute atomic E-state index is 0.0508. The molecular weight excluding hydrogens is 318 g/mol. The maximum absolute atomic E-state index is 11.9. The Labute approximate surface area is 140 Å². The van der Waals surface area contributed by atoms with Crippen LogP contribution in [0.4, 0.5) is 10.6 Å². The number of rotatable bonds is 3. The molecule has 1 saturated heterocycles. The lowest BCUT2D eigenvalue weighted by Crippen LogP contribution is -2.54. The van der Waals surface area contributed by atoms with Gasteiger partial charge < -0.3 is 14.5 Å². The predicted octanol–water partition coefficient (Wildman–Crippen LogP) is 2.30. The Kier molecular flexibility index (Phi) is 4.95. The number of ether oxygens (including phenoxy) is 1. The van der Waals surface area contributed by atoms with Crippen LogP contribution in [0.3, 0.4) is 0 Å². The Hall–Kier alpha value is -2.07. The average molecular weight is 338 g/mol. The number of likely N-dealkylation sites (tertiary alicyclic amines) is 1. The largest absolute Gasteiger partial charge is 0.444 e. The molecule has 2 rings (SSSR count). The van der Waals surface area contributed by atoms with E-state index < -0.39 is 5.60 Å². The van der Waals surface area contributed by atoms with Gasteiger partial charge in [0.05, 0.1) is 0 Å². The van der Waals surface area contributed by atoms with Crippen molar-refractivity contribution in [3.63, 3.8) is 0 Å². The highest BCUT2D eigenvalue weighted by molar-refractivity contribution is 6.28. The number of carbonyl (C=O) groups is 1. The van der Waals surface area contributed by atoms with E-state index >= 15 is 0 Å². The molecule has 1 aliphatic heterocycles. The maximum atomic E-state index is 11.9. The smallest absolute Gasteiger partial charge is 0.410 e. The fraction of sp³-hybridized carbons (Fsp3) is 0.600. The zero-order valence-electron chi connectivity index (χ0n) is 13.7. The molecular formula is C15H20ClN5O2. The number of amides is 1. The molecule has 0 bridgehead atoms. The van der Waals surface area contributed by atoms with Gasteiger partial charge in [0, 0.05) is 38.7 Å². The predicted molar refractivity (Wildman–Crippen MR) is 86.3 cm³/mol. The minimum Gasteiger partial charge on any atom is -0.444 e. The third-order valence-corrected chi connectivity index (χ3v) is 3.50. The van der Waals surface area contributed by atoms with Gasteiger partial charge in [0.1, 0.15) is 23.2 Å². The third kappa shape index (κ3) is 4.70. The molecule has 1 aromatic rings. The van der Waals surface area contributed by atoms with Crippen LogP contribution in [0.1, 0.15) is 26.5 Å². The number of hydrogen-bond acceptors (Lipinski definition) is 6. The summed E-state index contributed by atoms with van der Waals surface area (Å²) >= 11 is 5.81. The van der Waals surface area contributed by atoms with Crippen molar-refractivity contribution in [1.82, 2.24) is 14.9 Å². The number of anilines is 1. The minimum atomic E-state index is -0.482. The summed E-state index contributed by atoms with van der Waals surface area (Å²) in [7, 11) is 1.87. The summed E-state index contributed by atoms with van der Waals surface area (Å²) < 4.78 is 5.32. The van der Waals surface area contributed by atoms with Crippen LogP contribution in [-0.4, -0.2) is 53.2 Å². The molecule has 0 radical (unpaired) electrons. The van der Waals surface area contributed by atoms with Crippen molar-refractivity contribution in [3.8, 4) is 6.07 Å². The molecule has 1 aromatic heterocycles. The first-order valence-electron chi connectivity index (χ1n) is 7.31. The van der Waals surface area contributed by atoms with Gasteiger partial charge in [0.2, 0.25) is 5.28 Å². The van der Waals surface area contributed by atoms with E-state index in [4.69, 9.17) is 21.6 Å². The van der Waals surface area contributed by atoms with Gasteiger partial charge in [-0.3, -0.25) is 0 Å². The summed E-state index contributed by atoms with van der Waals surface area (Å²) in [5, 5.41) is 8.97. The molecule has 1 amide bonds. The first kappa shape index (κ1) is 17.3. The monoisotopic (exact) mass is 337 g/mol. The lowest BCUT2D eigenvalue weighted by molar-refractivity contribution is 0.000178. The van der Waals surface area contributed by atoms with Gasteiger partial charge in [0.15, 0.2) is 0 Å². The van der Waals surface area contributed by atoms with E-state index in [1.54, 1.807) is 11.0 Å². The second-order valence-corrected chi connectivity index (χ2v) is 6.96. The Morgan fingerprint density at radius 1 is 1.52 bits per heavy atom. The second kappa shape index (κ2) is 6.59. The van der Waals surface area contributed by atoms with Gasteiger partial charge in [-0.2, -0.15) is 5.26 Å². The van der Waals surface area contributed by atoms with E-state index in [1.165, 1.54) is 0 Å². The van der Waals surface area contributed by atoms with E-state index in [9.17, 15) is 4.79 Å². The van der Waals surface area contributed by atoms with Gasteiger partial charge in [-0.15, -0.1) is 0 Å². The number of hydrogen-bond donors (Lipinski definition) is 0. The SMILES string of the molecule is CN(CC1CN(C(=O)OC(C)(C)C)C1)c1cc(C#N)nc(Cl)n1. The Bertz CT molecular complexity index is 632. The quantitative estimate of drug-likeness (QED) is 0.787. The molecule has 8 heteroatoms. The summed E-state index contributed by atoms with van der Waals surface area (Å²) in [4.78, 5) is 23.4. The molecule has 7 nitrogen and oxygen atoms in total. The van der Waals surface area contributed by atoms with Crippen LogP contribution in [0.25, 0.3) is 0 Å². The lowest BCUT2D eigenvalue weighted by atomic mass is 10.0. The molecule has 1 aliphatic rings. The topological polar surface area (TPSA) is 82.4 Å². The second-order valence-electron chi connectivity index (χ2n) is 6.62. The standard InChI is InChI=1S/C15H20ClN5O2/c1-15(2,3)23-14(22)21-8-10(9-21)7-20(4)12-5-11(6-17)18-13(16)19-12/h5,10H,7-9H2,1-4H3. The van der Waals surface area contributed by atoms with Crippen LogP contribution in [0.5, 0.6) is 0 Å². The zero-order chi connectivity index (χ0) is 17.2. The van der Waals surface area contributed by atoms with Crippen molar-refractivity contribution in [2.24, 2.45) is 5.92 Å². The Balaban J connectivity index is 1.87. The average Bonchev–Trinajstić information content (AvgIpc) is 2.39. The van der Waals surface area contributed by atoms with Crippen molar-refractivity contribution in [2.75, 3.05) is 31.6 Å². The van der Waals surface area contributed by atoms with Crippen molar-refractivity contribution in [2.45, 2.75) is 26.4 Å². The van der Waals surface area contributed by atoms with Crippen LogP contribution in [0.15, 0.2) is 6.07 Å². The summed E-state index contributed by atoms with van der Waals surface area (Å²) in [6, 6.07) is 3.55. The first-order valence-corrected chi connectivity index (χ1v) is 7.69. The molecule has 0 N–H and O–H groups in total. The van der Waals surface area contributed by atoms with Crippen molar-refractivity contribution in [1.29, 1.82) is 5.26 Å². The highest BCUT2D eigenvalue weighted by atomic mass is 35.5.